The molecule has 120 valence electrons. The summed E-state index contributed by atoms with van der Waals surface area (Å²) in [5, 5.41) is 5.72. The Kier molecular flexibility index (Phi) is 3.65. The van der Waals surface area contributed by atoms with Gasteiger partial charge in [0.05, 0.1) is 17.3 Å². The minimum atomic E-state index is 0.318. The fourth-order valence-electron chi connectivity index (χ4n) is 3.40. The molecule has 5 heteroatoms. The number of hydrogen-bond acceptors (Lipinski definition) is 4. The molecule has 4 rings (SSSR count). The summed E-state index contributed by atoms with van der Waals surface area (Å²) in [4.78, 5) is 7.24. The van der Waals surface area contributed by atoms with E-state index in [2.05, 4.69) is 41.2 Å². The fraction of sp³-hybridized carbons (Fsp3) is 0.444. The standard InChI is InChI=1S/C18H22N4O/c1-3-21(12-14-7-6-10-23-14)18-15-8-4-5-9-16(15)22-17(19-18)11-13(2)20-22/h4-5,8-9,11,14H,3,6-7,10,12H2,1-2H3/t14-/m0/s1. The Morgan fingerprint density at radius 2 is 2.22 bits per heavy atom. The van der Waals surface area contributed by atoms with Crippen molar-refractivity contribution >= 4 is 22.4 Å². The Bertz CT molecular complexity index is 836. The molecule has 1 fully saturated rings. The van der Waals surface area contributed by atoms with Crippen LogP contribution >= 0.6 is 0 Å². The highest BCUT2D eigenvalue weighted by molar-refractivity contribution is 5.91. The van der Waals surface area contributed by atoms with Crippen LogP contribution in [0.4, 0.5) is 5.82 Å². The van der Waals surface area contributed by atoms with Crippen LogP contribution in [-0.4, -0.2) is 40.4 Å². The van der Waals surface area contributed by atoms with Gasteiger partial charge in [0.2, 0.25) is 0 Å². The van der Waals surface area contributed by atoms with Crippen LogP contribution in [0.25, 0.3) is 16.6 Å². The zero-order valence-corrected chi connectivity index (χ0v) is 13.7. The maximum Gasteiger partial charge on any atom is 0.158 e. The van der Waals surface area contributed by atoms with Gasteiger partial charge >= 0.3 is 0 Å². The molecule has 0 unspecified atom stereocenters. The molecule has 0 amide bonds. The first-order valence-corrected chi connectivity index (χ1v) is 8.38. The molecule has 1 aliphatic heterocycles. The van der Waals surface area contributed by atoms with Gasteiger partial charge in [-0.05, 0) is 38.8 Å². The number of aromatic nitrogens is 3. The van der Waals surface area contributed by atoms with Gasteiger partial charge in [-0.3, -0.25) is 0 Å². The molecule has 0 N–H and O–H groups in total. The van der Waals surface area contributed by atoms with Gasteiger partial charge in [0.25, 0.3) is 0 Å². The van der Waals surface area contributed by atoms with E-state index in [0.29, 0.717) is 6.10 Å². The van der Waals surface area contributed by atoms with E-state index < -0.39 is 0 Å². The quantitative estimate of drug-likeness (QED) is 0.742. The smallest absolute Gasteiger partial charge is 0.158 e. The molecule has 1 atom stereocenters. The molecule has 0 saturated carbocycles. The maximum atomic E-state index is 5.82. The lowest BCUT2D eigenvalue weighted by molar-refractivity contribution is 0.115. The van der Waals surface area contributed by atoms with Crippen LogP contribution in [0, 0.1) is 6.92 Å². The predicted molar refractivity (Wildman–Crippen MR) is 92.1 cm³/mol. The normalized spacial score (nSPS) is 18.1. The number of anilines is 1. The molecule has 23 heavy (non-hydrogen) atoms. The average Bonchev–Trinajstić information content (AvgIpc) is 3.20. The summed E-state index contributed by atoms with van der Waals surface area (Å²) >= 11 is 0. The molecule has 1 aliphatic rings. The molecule has 0 bridgehead atoms. The predicted octanol–water partition coefficient (Wildman–Crippen LogP) is 3.20. The third-order valence-corrected chi connectivity index (χ3v) is 4.54. The van der Waals surface area contributed by atoms with Crippen molar-refractivity contribution in [2.45, 2.75) is 32.8 Å². The van der Waals surface area contributed by atoms with Crippen LogP contribution in [0.5, 0.6) is 0 Å². The first-order valence-electron chi connectivity index (χ1n) is 8.38. The number of ether oxygens (including phenoxy) is 1. The topological polar surface area (TPSA) is 42.7 Å². The lowest BCUT2D eigenvalue weighted by Crippen LogP contribution is -2.33. The van der Waals surface area contributed by atoms with Crippen LogP contribution in [0.2, 0.25) is 0 Å². The largest absolute Gasteiger partial charge is 0.376 e. The number of aryl methyl sites for hydroxylation is 1. The first kappa shape index (κ1) is 14.5. The Hall–Kier alpha value is -2.14. The zero-order valence-electron chi connectivity index (χ0n) is 13.7. The molecule has 0 radical (unpaired) electrons. The van der Waals surface area contributed by atoms with Gasteiger partial charge in [0, 0.05) is 31.1 Å². The second-order valence-corrected chi connectivity index (χ2v) is 6.18. The van der Waals surface area contributed by atoms with Crippen molar-refractivity contribution in [2.75, 3.05) is 24.6 Å². The third kappa shape index (κ3) is 2.55. The van der Waals surface area contributed by atoms with Gasteiger partial charge in [0.1, 0.15) is 5.82 Å². The zero-order chi connectivity index (χ0) is 15.8. The molecule has 5 nitrogen and oxygen atoms in total. The summed E-state index contributed by atoms with van der Waals surface area (Å²) in [7, 11) is 0. The van der Waals surface area contributed by atoms with Crippen molar-refractivity contribution < 1.29 is 4.74 Å². The third-order valence-electron chi connectivity index (χ3n) is 4.54. The molecule has 3 heterocycles. The molecule has 1 saturated heterocycles. The van der Waals surface area contributed by atoms with Crippen LogP contribution in [0.3, 0.4) is 0 Å². The SMILES string of the molecule is CCN(C[C@@H]1CCCO1)c1nc2cc(C)nn2c2ccccc12. The summed E-state index contributed by atoms with van der Waals surface area (Å²) in [6.07, 6.45) is 2.62. The highest BCUT2D eigenvalue weighted by Gasteiger charge is 2.21. The Balaban J connectivity index is 1.85. The van der Waals surface area contributed by atoms with E-state index in [1.54, 1.807) is 0 Å². The Labute approximate surface area is 135 Å². The van der Waals surface area contributed by atoms with Crippen molar-refractivity contribution in [1.29, 1.82) is 0 Å². The van der Waals surface area contributed by atoms with Crippen LogP contribution in [-0.2, 0) is 4.74 Å². The van der Waals surface area contributed by atoms with Gasteiger partial charge < -0.3 is 9.64 Å². The monoisotopic (exact) mass is 310 g/mol. The number of rotatable bonds is 4. The second-order valence-electron chi connectivity index (χ2n) is 6.18. The molecule has 3 aromatic rings. The van der Waals surface area contributed by atoms with Crippen molar-refractivity contribution in [3.05, 3.63) is 36.0 Å². The van der Waals surface area contributed by atoms with Crippen molar-refractivity contribution in [2.24, 2.45) is 0 Å². The molecular weight excluding hydrogens is 288 g/mol. The van der Waals surface area contributed by atoms with Gasteiger partial charge in [-0.25, -0.2) is 9.50 Å². The van der Waals surface area contributed by atoms with Gasteiger partial charge in [0.15, 0.2) is 5.65 Å². The number of nitrogens with zero attached hydrogens (tertiary/aromatic N) is 4. The van der Waals surface area contributed by atoms with Gasteiger partial charge in [-0.15, -0.1) is 0 Å². The summed E-state index contributed by atoms with van der Waals surface area (Å²) in [6, 6.07) is 10.4. The molecule has 2 aromatic heterocycles. The average molecular weight is 310 g/mol. The lowest BCUT2D eigenvalue weighted by Gasteiger charge is -2.26. The summed E-state index contributed by atoms with van der Waals surface area (Å²) in [5.41, 5.74) is 3.00. The van der Waals surface area contributed by atoms with Gasteiger partial charge in [-0.2, -0.15) is 5.10 Å². The highest BCUT2D eigenvalue weighted by atomic mass is 16.5. The second kappa shape index (κ2) is 5.81. The van der Waals surface area contributed by atoms with E-state index in [0.717, 1.165) is 60.6 Å². The summed E-state index contributed by atoms with van der Waals surface area (Å²) in [5.74, 6) is 1.03. The van der Waals surface area contributed by atoms with Crippen LogP contribution in [0.1, 0.15) is 25.5 Å². The van der Waals surface area contributed by atoms with Gasteiger partial charge in [-0.1, -0.05) is 12.1 Å². The maximum absolute atomic E-state index is 5.82. The van der Waals surface area contributed by atoms with E-state index in [1.165, 1.54) is 0 Å². The van der Waals surface area contributed by atoms with Crippen molar-refractivity contribution in [3.8, 4) is 0 Å². The molecular formula is C18H22N4O. The Morgan fingerprint density at radius 3 is 3.00 bits per heavy atom. The number of benzene rings is 1. The van der Waals surface area contributed by atoms with E-state index >= 15 is 0 Å². The fourth-order valence-corrected chi connectivity index (χ4v) is 3.40. The minimum absolute atomic E-state index is 0.318. The van der Waals surface area contributed by atoms with E-state index in [4.69, 9.17) is 9.72 Å². The lowest BCUT2D eigenvalue weighted by atomic mass is 10.2. The number of para-hydroxylation sites is 1. The molecule has 1 aromatic carbocycles. The number of fused-ring (bicyclic) bond motifs is 3. The Morgan fingerprint density at radius 1 is 1.35 bits per heavy atom. The number of hydrogen-bond donors (Lipinski definition) is 0. The molecule has 0 aliphatic carbocycles. The van der Waals surface area contributed by atoms with Crippen molar-refractivity contribution in [3.63, 3.8) is 0 Å². The highest BCUT2D eigenvalue weighted by Crippen LogP contribution is 2.27. The summed E-state index contributed by atoms with van der Waals surface area (Å²) in [6.45, 7) is 6.89. The van der Waals surface area contributed by atoms with E-state index in [1.807, 2.05) is 17.5 Å². The van der Waals surface area contributed by atoms with Crippen molar-refractivity contribution in [1.82, 2.24) is 14.6 Å². The van der Waals surface area contributed by atoms with E-state index in [9.17, 15) is 0 Å². The number of likely N-dealkylation sites (N-methyl/N-ethyl adjacent to an activating group) is 1. The van der Waals surface area contributed by atoms with Crippen LogP contribution in [0.15, 0.2) is 30.3 Å². The summed E-state index contributed by atoms with van der Waals surface area (Å²) < 4.78 is 7.76. The van der Waals surface area contributed by atoms with Crippen LogP contribution < -0.4 is 4.90 Å². The first-order chi connectivity index (χ1) is 11.3. The minimum Gasteiger partial charge on any atom is -0.376 e. The molecule has 0 spiro atoms. The van der Waals surface area contributed by atoms with E-state index in [-0.39, 0.29) is 0 Å².